The van der Waals surface area contributed by atoms with E-state index in [4.69, 9.17) is 0 Å². The number of aromatic nitrogens is 1. The van der Waals surface area contributed by atoms with Gasteiger partial charge in [0, 0.05) is 58.1 Å². The minimum Gasteiger partial charge on any atom is -0.356 e. The van der Waals surface area contributed by atoms with E-state index in [0.29, 0.717) is 5.92 Å². The topological polar surface area (TPSA) is 55.8 Å². The lowest BCUT2D eigenvalue weighted by molar-refractivity contribution is 0.312. The summed E-state index contributed by atoms with van der Waals surface area (Å²) in [4.78, 5) is 13.7. The molecule has 0 unspecified atom stereocenters. The molecular weight excluding hydrogens is 439 g/mol. The van der Waals surface area contributed by atoms with Crippen LogP contribution in [0.15, 0.2) is 23.3 Å². The van der Waals surface area contributed by atoms with Crippen LogP contribution >= 0.6 is 24.0 Å². The summed E-state index contributed by atoms with van der Waals surface area (Å²) >= 11 is 0. The Morgan fingerprint density at radius 2 is 1.88 bits per heavy atom. The van der Waals surface area contributed by atoms with E-state index >= 15 is 0 Å². The van der Waals surface area contributed by atoms with Crippen molar-refractivity contribution in [1.82, 2.24) is 20.5 Å². The Hall–Kier alpha value is -1.09. The van der Waals surface area contributed by atoms with Gasteiger partial charge in [-0.1, -0.05) is 32.8 Å². The number of likely N-dealkylation sites (N-methyl/N-ethyl adjacent to an activating group) is 1. The van der Waals surface area contributed by atoms with Crippen molar-refractivity contribution in [1.29, 1.82) is 0 Å². The van der Waals surface area contributed by atoms with Crippen molar-refractivity contribution >= 4 is 35.8 Å². The highest BCUT2D eigenvalue weighted by Crippen LogP contribution is 2.18. The summed E-state index contributed by atoms with van der Waals surface area (Å²) in [6.45, 7) is 10.4. The van der Waals surface area contributed by atoms with Gasteiger partial charge in [0.15, 0.2) is 5.96 Å². The van der Waals surface area contributed by atoms with Crippen LogP contribution in [0.5, 0.6) is 0 Å². The van der Waals surface area contributed by atoms with Gasteiger partial charge in [0.05, 0.1) is 0 Å². The van der Waals surface area contributed by atoms with Gasteiger partial charge in [-0.15, -0.1) is 24.0 Å². The van der Waals surface area contributed by atoms with E-state index < -0.39 is 0 Å². The molecule has 0 aliphatic carbocycles. The first kappa shape index (κ1) is 23.0. The summed E-state index contributed by atoms with van der Waals surface area (Å²) in [5.74, 6) is 2.65. The molecule has 0 amide bonds. The normalized spacial score (nSPS) is 15.7. The van der Waals surface area contributed by atoms with Gasteiger partial charge in [-0.2, -0.15) is 0 Å². The molecule has 1 aliphatic heterocycles. The van der Waals surface area contributed by atoms with Crippen LogP contribution in [-0.4, -0.2) is 62.7 Å². The number of aliphatic imine (C=N–C) groups is 1. The lowest BCUT2D eigenvalue weighted by Crippen LogP contribution is -2.45. The fraction of sp³-hybridized carbons (Fsp3) is 0.684. The minimum absolute atomic E-state index is 0. The van der Waals surface area contributed by atoms with Crippen molar-refractivity contribution in [2.75, 3.05) is 51.7 Å². The van der Waals surface area contributed by atoms with Crippen molar-refractivity contribution in [3.63, 3.8) is 0 Å². The molecule has 1 aliphatic rings. The van der Waals surface area contributed by atoms with Crippen molar-refractivity contribution in [3.05, 3.63) is 23.9 Å². The lowest BCUT2D eigenvalue weighted by atomic mass is 10.0. The van der Waals surface area contributed by atoms with Gasteiger partial charge in [-0.05, 0) is 19.0 Å². The van der Waals surface area contributed by atoms with Gasteiger partial charge in [0.2, 0.25) is 0 Å². The largest absolute Gasteiger partial charge is 0.356 e. The number of anilines is 1. The van der Waals surface area contributed by atoms with Crippen molar-refractivity contribution in [2.45, 2.75) is 33.2 Å². The Labute approximate surface area is 175 Å². The van der Waals surface area contributed by atoms with Gasteiger partial charge in [0.25, 0.3) is 0 Å². The Morgan fingerprint density at radius 3 is 2.50 bits per heavy atom. The molecule has 0 spiro atoms. The predicted molar refractivity (Wildman–Crippen MR) is 122 cm³/mol. The van der Waals surface area contributed by atoms with Crippen LogP contribution in [0.1, 0.15) is 32.3 Å². The molecular formula is C19H35IN6. The second-order valence-corrected chi connectivity index (χ2v) is 6.77. The highest BCUT2D eigenvalue weighted by molar-refractivity contribution is 14.0. The van der Waals surface area contributed by atoms with Crippen LogP contribution < -0.4 is 15.5 Å². The molecule has 0 bridgehead atoms. The number of hydrogen-bond acceptors (Lipinski definition) is 4. The van der Waals surface area contributed by atoms with Crippen molar-refractivity contribution in [3.8, 4) is 0 Å². The quantitative estimate of drug-likeness (QED) is 0.362. The minimum atomic E-state index is 0. The number of rotatable bonds is 7. The number of nitrogens with zero attached hydrogens (tertiary/aromatic N) is 4. The molecule has 0 aromatic carbocycles. The molecule has 2 heterocycles. The Balaban J connectivity index is 0.00000338. The first-order valence-electron chi connectivity index (χ1n) is 9.49. The van der Waals surface area contributed by atoms with E-state index in [0.717, 1.165) is 51.0 Å². The van der Waals surface area contributed by atoms with Crippen LogP contribution in [0, 0.1) is 5.92 Å². The van der Waals surface area contributed by atoms with Gasteiger partial charge in [-0.25, -0.2) is 4.98 Å². The predicted octanol–water partition coefficient (Wildman–Crippen LogP) is 2.55. The smallest absolute Gasteiger partial charge is 0.191 e. The number of nitrogens with one attached hydrogen (secondary N) is 2. The SMILES string of the molecule is CCC(CC)CNC(=NC)NCc1cccnc1N1CCN(C)CC1.I. The number of piperazine rings is 1. The molecule has 1 aromatic heterocycles. The van der Waals surface area contributed by atoms with E-state index in [-0.39, 0.29) is 24.0 Å². The van der Waals surface area contributed by atoms with Gasteiger partial charge >= 0.3 is 0 Å². The number of hydrogen-bond donors (Lipinski definition) is 2. The summed E-state index contributed by atoms with van der Waals surface area (Å²) in [6.07, 6.45) is 4.27. The molecule has 2 N–H and O–H groups in total. The van der Waals surface area contributed by atoms with Gasteiger partial charge in [-0.3, -0.25) is 4.99 Å². The van der Waals surface area contributed by atoms with Gasteiger partial charge < -0.3 is 20.4 Å². The zero-order valence-corrected chi connectivity index (χ0v) is 19.0. The van der Waals surface area contributed by atoms with Crippen LogP contribution in [0.3, 0.4) is 0 Å². The third-order valence-corrected chi connectivity index (χ3v) is 5.05. The molecule has 26 heavy (non-hydrogen) atoms. The average molecular weight is 474 g/mol. The first-order chi connectivity index (χ1) is 12.2. The maximum atomic E-state index is 4.64. The average Bonchev–Trinajstić information content (AvgIpc) is 2.66. The summed E-state index contributed by atoms with van der Waals surface area (Å²) < 4.78 is 0. The summed E-state index contributed by atoms with van der Waals surface area (Å²) in [5, 5.41) is 6.88. The molecule has 0 atom stereocenters. The molecule has 6 nitrogen and oxygen atoms in total. The summed E-state index contributed by atoms with van der Waals surface area (Å²) in [5.41, 5.74) is 1.22. The highest BCUT2D eigenvalue weighted by Gasteiger charge is 2.18. The number of pyridine rings is 1. The van der Waals surface area contributed by atoms with Crippen molar-refractivity contribution < 1.29 is 0 Å². The first-order valence-corrected chi connectivity index (χ1v) is 9.49. The number of guanidine groups is 1. The van der Waals surface area contributed by atoms with Crippen LogP contribution in [0.2, 0.25) is 0 Å². The molecule has 1 aromatic rings. The Bertz CT molecular complexity index is 539. The molecule has 148 valence electrons. The van der Waals surface area contributed by atoms with E-state index in [9.17, 15) is 0 Å². The standard InChI is InChI=1S/C19H34N6.HI/c1-5-16(6-2)14-22-19(20-3)23-15-17-8-7-9-21-18(17)25-12-10-24(4)11-13-25;/h7-9,16H,5-6,10-15H2,1-4H3,(H2,20,22,23);1H. The maximum Gasteiger partial charge on any atom is 0.191 e. The van der Waals surface area contributed by atoms with E-state index in [2.05, 4.69) is 57.4 Å². The summed E-state index contributed by atoms with van der Waals surface area (Å²) in [6, 6.07) is 4.17. The lowest BCUT2D eigenvalue weighted by Gasteiger charge is -2.34. The molecule has 0 saturated carbocycles. The third-order valence-electron chi connectivity index (χ3n) is 5.05. The van der Waals surface area contributed by atoms with Gasteiger partial charge in [0.1, 0.15) is 5.82 Å². The second-order valence-electron chi connectivity index (χ2n) is 6.77. The van der Waals surface area contributed by atoms with E-state index in [1.807, 2.05) is 19.3 Å². The third kappa shape index (κ3) is 6.90. The monoisotopic (exact) mass is 474 g/mol. The fourth-order valence-corrected chi connectivity index (χ4v) is 3.09. The molecule has 0 radical (unpaired) electrons. The van der Waals surface area contributed by atoms with Crippen LogP contribution in [0.4, 0.5) is 5.82 Å². The Morgan fingerprint density at radius 1 is 1.19 bits per heavy atom. The zero-order chi connectivity index (χ0) is 18.1. The molecule has 1 saturated heterocycles. The maximum absolute atomic E-state index is 4.64. The van der Waals surface area contributed by atoms with Crippen LogP contribution in [0.25, 0.3) is 0 Å². The fourth-order valence-electron chi connectivity index (χ4n) is 3.09. The number of halogens is 1. The highest BCUT2D eigenvalue weighted by atomic mass is 127. The molecule has 2 rings (SSSR count). The van der Waals surface area contributed by atoms with Crippen molar-refractivity contribution in [2.24, 2.45) is 10.9 Å². The Kier molecular flexibility index (Phi) is 10.9. The van der Waals surface area contributed by atoms with E-state index in [1.165, 1.54) is 18.4 Å². The van der Waals surface area contributed by atoms with E-state index in [1.54, 1.807) is 0 Å². The molecule has 7 heteroatoms. The molecule has 1 fully saturated rings. The second kappa shape index (κ2) is 12.3. The zero-order valence-electron chi connectivity index (χ0n) is 16.7. The summed E-state index contributed by atoms with van der Waals surface area (Å²) in [7, 11) is 4.00. The van der Waals surface area contributed by atoms with Crippen LogP contribution in [-0.2, 0) is 6.54 Å².